The molecule has 0 aliphatic heterocycles. The van der Waals surface area contributed by atoms with Crippen molar-refractivity contribution in [1.82, 2.24) is 4.98 Å². The molecule has 0 unspecified atom stereocenters. The standard InChI is InChI=1S/C14H10Cl2N2O/c1-7-2-3-8(4-11(7)17)14-18-12-6-9(15)5-10(16)13(12)19-14/h2-6H,17H2,1H3. The fourth-order valence-corrected chi connectivity index (χ4v) is 2.38. The zero-order valence-corrected chi connectivity index (χ0v) is 11.6. The maximum Gasteiger partial charge on any atom is 0.227 e. The summed E-state index contributed by atoms with van der Waals surface area (Å²) in [5.41, 5.74) is 9.57. The Morgan fingerprint density at radius 3 is 2.68 bits per heavy atom. The second kappa shape index (κ2) is 4.44. The molecule has 96 valence electrons. The van der Waals surface area contributed by atoms with Crippen LogP contribution < -0.4 is 5.73 Å². The van der Waals surface area contributed by atoms with E-state index in [0.717, 1.165) is 11.1 Å². The molecule has 3 nitrogen and oxygen atoms in total. The average Bonchev–Trinajstić information content (AvgIpc) is 2.76. The highest BCUT2D eigenvalue weighted by Crippen LogP contribution is 2.32. The van der Waals surface area contributed by atoms with Crippen molar-refractivity contribution in [2.45, 2.75) is 6.92 Å². The van der Waals surface area contributed by atoms with Crippen LogP contribution in [0.4, 0.5) is 5.69 Å². The summed E-state index contributed by atoms with van der Waals surface area (Å²) in [6, 6.07) is 9.01. The number of anilines is 1. The van der Waals surface area contributed by atoms with Crippen molar-refractivity contribution >= 4 is 40.0 Å². The van der Waals surface area contributed by atoms with Gasteiger partial charge in [-0.3, -0.25) is 0 Å². The summed E-state index contributed by atoms with van der Waals surface area (Å²) in [6.07, 6.45) is 0. The quantitative estimate of drug-likeness (QED) is 0.662. The molecule has 0 aliphatic carbocycles. The van der Waals surface area contributed by atoms with Crippen LogP contribution in [0.15, 0.2) is 34.7 Å². The van der Waals surface area contributed by atoms with E-state index in [9.17, 15) is 0 Å². The zero-order chi connectivity index (χ0) is 13.6. The summed E-state index contributed by atoms with van der Waals surface area (Å²) >= 11 is 12.0. The fraction of sp³-hybridized carbons (Fsp3) is 0.0714. The van der Waals surface area contributed by atoms with Gasteiger partial charge in [-0.05, 0) is 36.8 Å². The van der Waals surface area contributed by atoms with E-state index in [1.165, 1.54) is 0 Å². The topological polar surface area (TPSA) is 52.0 Å². The number of oxazole rings is 1. The lowest BCUT2D eigenvalue weighted by Gasteiger charge is -2.01. The predicted molar refractivity (Wildman–Crippen MR) is 78.6 cm³/mol. The van der Waals surface area contributed by atoms with Crippen molar-refractivity contribution in [3.63, 3.8) is 0 Å². The number of hydrogen-bond acceptors (Lipinski definition) is 3. The first-order valence-electron chi connectivity index (χ1n) is 5.66. The first-order valence-corrected chi connectivity index (χ1v) is 6.42. The highest BCUT2D eigenvalue weighted by atomic mass is 35.5. The number of nitrogen functional groups attached to an aromatic ring is 1. The first kappa shape index (κ1) is 12.3. The number of aromatic nitrogens is 1. The molecule has 3 aromatic rings. The van der Waals surface area contributed by atoms with Gasteiger partial charge in [0.2, 0.25) is 5.89 Å². The van der Waals surface area contributed by atoms with Crippen LogP contribution in [0.5, 0.6) is 0 Å². The third-order valence-electron chi connectivity index (χ3n) is 2.94. The largest absolute Gasteiger partial charge is 0.435 e. The number of fused-ring (bicyclic) bond motifs is 1. The van der Waals surface area contributed by atoms with Crippen LogP contribution in [0.25, 0.3) is 22.6 Å². The second-order valence-electron chi connectivity index (χ2n) is 4.33. The maximum atomic E-state index is 6.08. The zero-order valence-electron chi connectivity index (χ0n) is 10.1. The molecule has 0 fully saturated rings. The lowest BCUT2D eigenvalue weighted by atomic mass is 10.1. The molecule has 1 aromatic heterocycles. The molecule has 2 aromatic carbocycles. The van der Waals surface area contributed by atoms with Crippen molar-refractivity contribution < 1.29 is 4.42 Å². The minimum atomic E-state index is 0.446. The molecule has 0 saturated carbocycles. The van der Waals surface area contributed by atoms with Gasteiger partial charge < -0.3 is 10.2 Å². The first-order chi connectivity index (χ1) is 9.04. The van der Waals surface area contributed by atoms with Crippen LogP contribution in [-0.4, -0.2) is 4.98 Å². The lowest BCUT2D eigenvalue weighted by Crippen LogP contribution is -1.89. The average molecular weight is 293 g/mol. The Balaban J connectivity index is 2.20. The van der Waals surface area contributed by atoms with Crippen LogP contribution in [0.3, 0.4) is 0 Å². The molecular weight excluding hydrogens is 283 g/mol. The molecule has 0 spiro atoms. The number of nitrogens with two attached hydrogens (primary N) is 1. The van der Waals surface area contributed by atoms with E-state index in [-0.39, 0.29) is 0 Å². The van der Waals surface area contributed by atoms with E-state index in [1.807, 2.05) is 25.1 Å². The molecule has 0 atom stereocenters. The number of benzene rings is 2. The smallest absolute Gasteiger partial charge is 0.227 e. The van der Waals surface area contributed by atoms with Crippen LogP contribution in [0, 0.1) is 6.92 Å². The van der Waals surface area contributed by atoms with Crippen LogP contribution in [0.2, 0.25) is 10.0 Å². The monoisotopic (exact) mass is 292 g/mol. The Labute approximate surface area is 119 Å². The molecule has 1 heterocycles. The molecule has 0 aliphatic rings. The number of nitrogens with zero attached hydrogens (tertiary/aromatic N) is 1. The molecule has 5 heteroatoms. The van der Waals surface area contributed by atoms with E-state index in [0.29, 0.717) is 32.7 Å². The minimum absolute atomic E-state index is 0.446. The van der Waals surface area contributed by atoms with Gasteiger partial charge in [-0.25, -0.2) is 4.98 Å². The van der Waals surface area contributed by atoms with Crippen molar-refractivity contribution in [1.29, 1.82) is 0 Å². The molecule has 0 amide bonds. The number of aryl methyl sites for hydroxylation is 1. The van der Waals surface area contributed by atoms with Crippen LogP contribution >= 0.6 is 23.2 Å². The van der Waals surface area contributed by atoms with E-state index >= 15 is 0 Å². The molecule has 0 bridgehead atoms. The van der Waals surface area contributed by atoms with Gasteiger partial charge in [0.25, 0.3) is 0 Å². The van der Waals surface area contributed by atoms with E-state index in [2.05, 4.69) is 4.98 Å². The Morgan fingerprint density at radius 2 is 1.95 bits per heavy atom. The normalized spacial score (nSPS) is 11.1. The van der Waals surface area contributed by atoms with E-state index in [1.54, 1.807) is 12.1 Å². The predicted octanol–water partition coefficient (Wildman–Crippen LogP) is 4.69. The third-order valence-corrected chi connectivity index (χ3v) is 3.43. The number of rotatable bonds is 1. The van der Waals surface area contributed by atoms with Crippen LogP contribution in [-0.2, 0) is 0 Å². The second-order valence-corrected chi connectivity index (χ2v) is 5.17. The van der Waals surface area contributed by atoms with E-state index in [4.69, 9.17) is 33.4 Å². The molecular formula is C14H10Cl2N2O. The Bertz CT molecular complexity index is 780. The van der Waals surface area contributed by atoms with Gasteiger partial charge >= 0.3 is 0 Å². The van der Waals surface area contributed by atoms with Crippen molar-refractivity contribution in [2.75, 3.05) is 5.73 Å². The van der Waals surface area contributed by atoms with Gasteiger partial charge in [-0.1, -0.05) is 29.3 Å². The summed E-state index contributed by atoms with van der Waals surface area (Å²) in [5.74, 6) is 0.478. The fourth-order valence-electron chi connectivity index (χ4n) is 1.86. The van der Waals surface area contributed by atoms with Gasteiger partial charge in [0.15, 0.2) is 5.58 Å². The molecule has 3 rings (SSSR count). The van der Waals surface area contributed by atoms with Gasteiger partial charge in [-0.15, -0.1) is 0 Å². The molecule has 2 N–H and O–H groups in total. The molecule has 0 radical (unpaired) electrons. The van der Waals surface area contributed by atoms with Crippen LogP contribution in [0.1, 0.15) is 5.56 Å². The number of hydrogen-bond donors (Lipinski definition) is 1. The Kier molecular flexibility index (Phi) is 2.88. The lowest BCUT2D eigenvalue weighted by molar-refractivity contribution is 0.620. The molecule has 0 saturated heterocycles. The van der Waals surface area contributed by atoms with Gasteiger partial charge in [0, 0.05) is 16.3 Å². The highest BCUT2D eigenvalue weighted by molar-refractivity contribution is 6.38. The molecule has 19 heavy (non-hydrogen) atoms. The Morgan fingerprint density at radius 1 is 1.16 bits per heavy atom. The number of halogens is 2. The summed E-state index contributed by atoms with van der Waals surface area (Å²) in [6.45, 7) is 1.95. The van der Waals surface area contributed by atoms with Gasteiger partial charge in [-0.2, -0.15) is 0 Å². The van der Waals surface area contributed by atoms with Crippen molar-refractivity contribution in [3.8, 4) is 11.5 Å². The maximum absolute atomic E-state index is 6.08. The summed E-state index contributed by atoms with van der Waals surface area (Å²) in [4.78, 5) is 4.38. The van der Waals surface area contributed by atoms with Gasteiger partial charge in [0.1, 0.15) is 5.52 Å². The van der Waals surface area contributed by atoms with Gasteiger partial charge in [0.05, 0.1) is 5.02 Å². The minimum Gasteiger partial charge on any atom is -0.435 e. The Hall–Kier alpha value is -1.71. The summed E-state index contributed by atoms with van der Waals surface area (Å²) < 4.78 is 5.68. The summed E-state index contributed by atoms with van der Waals surface area (Å²) in [7, 11) is 0. The highest BCUT2D eigenvalue weighted by Gasteiger charge is 2.12. The SMILES string of the molecule is Cc1ccc(-c2nc3cc(Cl)cc(Cl)c3o2)cc1N. The van der Waals surface area contributed by atoms with Crippen molar-refractivity contribution in [3.05, 3.63) is 45.9 Å². The third kappa shape index (κ3) is 2.15. The van der Waals surface area contributed by atoms with Crippen molar-refractivity contribution in [2.24, 2.45) is 0 Å². The van der Waals surface area contributed by atoms with E-state index < -0.39 is 0 Å². The summed E-state index contributed by atoms with van der Waals surface area (Å²) in [5, 5.41) is 0.974.